The molecule has 0 aromatic heterocycles. The molecule has 2 aromatic rings. The molecule has 2 atom stereocenters. The summed E-state index contributed by atoms with van der Waals surface area (Å²) in [4.78, 5) is 25.0. The van der Waals surface area contributed by atoms with E-state index in [1.165, 1.54) is 0 Å². The fourth-order valence-corrected chi connectivity index (χ4v) is 3.49. The second-order valence-corrected chi connectivity index (χ2v) is 7.09. The standard InChI is InChI=1S/C23H25NO4/c25-21(16-18-4-2-1-3-5-18)12-10-20-11-13-22(26)24(20)15-14-17-6-8-19(9-7-17)23(27)28/h1-10,12,20-21,25H,11,13-16H2,(H,27,28)/t20-,21-/m0/s1. The minimum Gasteiger partial charge on any atom is -0.478 e. The zero-order valence-electron chi connectivity index (χ0n) is 15.7. The van der Waals surface area contributed by atoms with Crippen molar-refractivity contribution in [3.05, 3.63) is 83.4 Å². The van der Waals surface area contributed by atoms with Gasteiger partial charge in [-0.3, -0.25) is 4.79 Å². The molecule has 1 aliphatic rings. The molecule has 5 heteroatoms. The molecule has 2 aromatic carbocycles. The van der Waals surface area contributed by atoms with Gasteiger partial charge in [-0.15, -0.1) is 0 Å². The van der Waals surface area contributed by atoms with Crippen molar-refractivity contribution in [3.63, 3.8) is 0 Å². The van der Waals surface area contributed by atoms with Crippen LogP contribution in [0.2, 0.25) is 0 Å². The summed E-state index contributed by atoms with van der Waals surface area (Å²) < 4.78 is 0. The smallest absolute Gasteiger partial charge is 0.335 e. The number of aromatic carboxylic acids is 1. The Labute approximate surface area is 164 Å². The molecule has 0 spiro atoms. The summed E-state index contributed by atoms with van der Waals surface area (Å²) in [6.45, 7) is 0.578. The molecule has 0 radical (unpaired) electrons. The quantitative estimate of drug-likeness (QED) is 0.691. The van der Waals surface area contributed by atoms with Crippen LogP contribution in [-0.4, -0.2) is 45.7 Å². The molecule has 28 heavy (non-hydrogen) atoms. The number of nitrogens with zero attached hydrogens (tertiary/aromatic N) is 1. The summed E-state index contributed by atoms with van der Waals surface area (Å²) in [7, 11) is 0. The van der Waals surface area contributed by atoms with Gasteiger partial charge in [-0.1, -0.05) is 54.6 Å². The van der Waals surface area contributed by atoms with E-state index in [0.717, 1.165) is 17.5 Å². The average molecular weight is 379 g/mol. The fourth-order valence-electron chi connectivity index (χ4n) is 3.49. The Morgan fingerprint density at radius 1 is 1.11 bits per heavy atom. The molecule has 5 nitrogen and oxygen atoms in total. The Hall–Kier alpha value is -2.92. The van der Waals surface area contributed by atoms with Crippen LogP contribution in [0.1, 0.15) is 34.3 Å². The zero-order chi connectivity index (χ0) is 19.9. The maximum Gasteiger partial charge on any atom is 0.335 e. The predicted molar refractivity (Wildman–Crippen MR) is 107 cm³/mol. The van der Waals surface area contributed by atoms with Gasteiger partial charge in [0.1, 0.15) is 0 Å². The first-order valence-electron chi connectivity index (χ1n) is 9.55. The van der Waals surface area contributed by atoms with Crippen LogP contribution in [0.4, 0.5) is 0 Å². The van der Waals surface area contributed by atoms with Crippen molar-refractivity contribution in [3.8, 4) is 0 Å². The van der Waals surface area contributed by atoms with Gasteiger partial charge in [0.05, 0.1) is 17.7 Å². The van der Waals surface area contributed by atoms with Crippen LogP contribution in [0.25, 0.3) is 0 Å². The van der Waals surface area contributed by atoms with E-state index in [0.29, 0.717) is 25.8 Å². The third-order valence-electron chi connectivity index (χ3n) is 5.06. The molecule has 1 heterocycles. The molecule has 1 aliphatic heterocycles. The summed E-state index contributed by atoms with van der Waals surface area (Å²) >= 11 is 0. The number of rotatable bonds is 8. The average Bonchev–Trinajstić information content (AvgIpc) is 3.05. The monoisotopic (exact) mass is 379 g/mol. The third kappa shape index (κ3) is 5.30. The largest absolute Gasteiger partial charge is 0.478 e. The Morgan fingerprint density at radius 2 is 1.82 bits per heavy atom. The number of carboxylic acid groups (broad SMARTS) is 1. The molecule has 1 fully saturated rings. The van der Waals surface area contributed by atoms with Gasteiger partial charge in [0.15, 0.2) is 0 Å². The second kappa shape index (κ2) is 9.33. The number of hydrogen-bond donors (Lipinski definition) is 2. The van der Waals surface area contributed by atoms with E-state index in [4.69, 9.17) is 5.11 Å². The minimum atomic E-state index is -0.944. The Balaban J connectivity index is 1.55. The number of carboxylic acids is 1. The lowest BCUT2D eigenvalue weighted by Crippen LogP contribution is -2.33. The second-order valence-electron chi connectivity index (χ2n) is 7.09. The van der Waals surface area contributed by atoms with Crippen molar-refractivity contribution in [2.75, 3.05) is 6.54 Å². The first kappa shape index (κ1) is 19.8. The number of likely N-dealkylation sites (tertiary alicyclic amines) is 1. The van der Waals surface area contributed by atoms with Gasteiger partial charge in [0.2, 0.25) is 5.91 Å². The van der Waals surface area contributed by atoms with E-state index in [-0.39, 0.29) is 17.5 Å². The summed E-state index contributed by atoms with van der Waals surface area (Å²) in [6, 6.07) is 16.6. The van der Waals surface area contributed by atoms with Gasteiger partial charge in [-0.2, -0.15) is 0 Å². The van der Waals surface area contributed by atoms with E-state index < -0.39 is 12.1 Å². The van der Waals surface area contributed by atoms with Crippen LogP contribution in [0.15, 0.2) is 66.7 Å². The van der Waals surface area contributed by atoms with Crippen molar-refractivity contribution in [2.24, 2.45) is 0 Å². The van der Waals surface area contributed by atoms with E-state index in [2.05, 4.69) is 0 Å². The summed E-state index contributed by atoms with van der Waals surface area (Å²) in [5.74, 6) is -0.824. The van der Waals surface area contributed by atoms with Crippen molar-refractivity contribution in [2.45, 2.75) is 37.8 Å². The van der Waals surface area contributed by atoms with E-state index >= 15 is 0 Å². The van der Waals surface area contributed by atoms with Crippen LogP contribution in [0, 0.1) is 0 Å². The van der Waals surface area contributed by atoms with Crippen molar-refractivity contribution >= 4 is 11.9 Å². The van der Waals surface area contributed by atoms with Crippen LogP contribution in [0.5, 0.6) is 0 Å². The molecule has 0 saturated carbocycles. The van der Waals surface area contributed by atoms with Crippen LogP contribution >= 0.6 is 0 Å². The first-order valence-corrected chi connectivity index (χ1v) is 9.55. The van der Waals surface area contributed by atoms with Crippen molar-refractivity contribution in [1.29, 1.82) is 0 Å². The zero-order valence-corrected chi connectivity index (χ0v) is 15.7. The highest BCUT2D eigenvalue weighted by Gasteiger charge is 2.28. The molecule has 0 aliphatic carbocycles. The normalized spacial score (nSPS) is 18.0. The number of hydrogen-bond acceptors (Lipinski definition) is 3. The first-order chi connectivity index (χ1) is 13.5. The number of benzene rings is 2. The highest BCUT2D eigenvalue weighted by atomic mass is 16.4. The predicted octanol–water partition coefficient (Wildman–Crippen LogP) is 3.08. The Bertz CT molecular complexity index is 829. The fraction of sp³-hybridized carbons (Fsp3) is 0.304. The number of carbonyl (C=O) groups excluding carboxylic acids is 1. The summed E-state index contributed by atoms with van der Waals surface area (Å²) in [5, 5.41) is 19.2. The molecular weight excluding hydrogens is 354 g/mol. The molecule has 146 valence electrons. The van der Waals surface area contributed by atoms with Crippen molar-refractivity contribution < 1.29 is 19.8 Å². The highest BCUT2D eigenvalue weighted by molar-refractivity contribution is 5.87. The number of aliphatic hydroxyl groups excluding tert-OH is 1. The maximum absolute atomic E-state index is 12.2. The van der Waals surface area contributed by atoms with Gasteiger partial charge >= 0.3 is 5.97 Å². The topological polar surface area (TPSA) is 77.8 Å². The molecule has 2 N–H and O–H groups in total. The van der Waals surface area contributed by atoms with E-state index in [1.807, 2.05) is 41.3 Å². The van der Waals surface area contributed by atoms with E-state index in [9.17, 15) is 14.7 Å². The van der Waals surface area contributed by atoms with Crippen LogP contribution < -0.4 is 0 Å². The van der Waals surface area contributed by atoms with Gasteiger partial charge in [-0.25, -0.2) is 4.79 Å². The van der Waals surface area contributed by atoms with E-state index in [1.54, 1.807) is 30.3 Å². The molecule has 0 bridgehead atoms. The molecular formula is C23H25NO4. The molecule has 1 saturated heterocycles. The SMILES string of the molecule is O=C(O)c1ccc(CCN2C(=O)CC[C@@H]2C=C[C@H](O)Cc2ccccc2)cc1. The van der Waals surface area contributed by atoms with Gasteiger partial charge < -0.3 is 15.1 Å². The van der Waals surface area contributed by atoms with Crippen LogP contribution in [0.3, 0.4) is 0 Å². The van der Waals surface area contributed by atoms with Crippen LogP contribution in [-0.2, 0) is 17.6 Å². The Morgan fingerprint density at radius 3 is 2.50 bits per heavy atom. The lowest BCUT2D eigenvalue weighted by molar-refractivity contribution is -0.128. The molecule has 0 unspecified atom stereocenters. The molecule has 1 amide bonds. The lowest BCUT2D eigenvalue weighted by atomic mass is 10.1. The van der Waals surface area contributed by atoms with Gasteiger partial charge in [-0.05, 0) is 36.1 Å². The molecule has 3 rings (SSSR count). The highest BCUT2D eigenvalue weighted by Crippen LogP contribution is 2.21. The van der Waals surface area contributed by atoms with Gasteiger partial charge in [0.25, 0.3) is 0 Å². The lowest BCUT2D eigenvalue weighted by Gasteiger charge is -2.23. The summed E-state index contributed by atoms with van der Waals surface area (Å²) in [5.41, 5.74) is 2.33. The maximum atomic E-state index is 12.2. The number of aliphatic hydroxyl groups is 1. The number of carbonyl (C=O) groups is 2. The van der Waals surface area contributed by atoms with Gasteiger partial charge in [0, 0.05) is 19.4 Å². The van der Waals surface area contributed by atoms with Crippen molar-refractivity contribution in [1.82, 2.24) is 4.90 Å². The number of amides is 1. The minimum absolute atomic E-state index is 0.00350. The third-order valence-corrected chi connectivity index (χ3v) is 5.06. The summed E-state index contributed by atoms with van der Waals surface area (Å²) in [6.07, 6.45) is 5.63. The Kier molecular flexibility index (Phi) is 6.61.